The molecule has 3 heterocycles. The summed E-state index contributed by atoms with van der Waals surface area (Å²) in [6, 6.07) is 21.9. The minimum atomic E-state index is -0.351. The largest absolute Gasteiger partial charge is 0.384 e. The Labute approximate surface area is 194 Å². The maximum Gasteiger partial charge on any atom is 0.274 e. The van der Waals surface area contributed by atoms with E-state index in [0.717, 1.165) is 22.2 Å². The minimum absolute atomic E-state index is 0.0452. The lowest BCUT2D eigenvalue weighted by atomic mass is 10.0. The lowest BCUT2D eigenvalue weighted by Crippen LogP contribution is -2.17. The number of amides is 1. The zero-order valence-electron chi connectivity index (χ0n) is 17.9. The molecule has 0 aliphatic carbocycles. The minimum Gasteiger partial charge on any atom is -0.384 e. The molecule has 1 amide bonds. The molecule has 5 rings (SSSR count). The monoisotopic (exact) mass is 450 g/mol. The molecule has 5 aromatic rings. The molecule has 8 heteroatoms. The van der Waals surface area contributed by atoms with Crippen molar-refractivity contribution in [3.05, 3.63) is 108 Å². The second kappa shape index (κ2) is 8.59. The van der Waals surface area contributed by atoms with E-state index < -0.39 is 0 Å². The van der Waals surface area contributed by atoms with Crippen LogP contribution in [0.3, 0.4) is 0 Å². The van der Waals surface area contributed by atoms with Crippen LogP contribution in [0.1, 0.15) is 16.1 Å². The van der Waals surface area contributed by atoms with E-state index in [1.165, 1.54) is 12.1 Å². The van der Waals surface area contributed by atoms with Crippen LogP contribution in [0.2, 0.25) is 0 Å². The Bertz CT molecular complexity index is 1510. The first kappa shape index (κ1) is 21.0. The van der Waals surface area contributed by atoms with Gasteiger partial charge in [-0.3, -0.25) is 15.2 Å². The number of pyridine rings is 2. The SMILES string of the molecule is N=C(N)c1ccc(NC(=O)c2cccc3c(-c4ccncc4)c(-c4ccc(F)cc4)nn23)cc1. The van der Waals surface area contributed by atoms with Crippen molar-refractivity contribution in [1.29, 1.82) is 5.41 Å². The van der Waals surface area contributed by atoms with Crippen LogP contribution in [-0.2, 0) is 0 Å². The first-order chi connectivity index (χ1) is 16.5. The van der Waals surface area contributed by atoms with Gasteiger partial charge in [-0.15, -0.1) is 0 Å². The summed E-state index contributed by atoms with van der Waals surface area (Å²) in [5, 5.41) is 15.1. The fourth-order valence-corrected chi connectivity index (χ4v) is 3.78. The predicted octanol–water partition coefficient (Wildman–Crippen LogP) is 4.74. The second-order valence-electron chi connectivity index (χ2n) is 7.62. The lowest BCUT2D eigenvalue weighted by molar-refractivity contribution is 0.102. The molecule has 3 aromatic heterocycles. The molecule has 0 aliphatic heterocycles. The maximum atomic E-state index is 13.6. The Morgan fingerprint density at radius 2 is 1.62 bits per heavy atom. The Hall–Kier alpha value is -4.85. The van der Waals surface area contributed by atoms with Crippen molar-refractivity contribution in [3.8, 4) is 22.4 Å². The normalized spacial score (nSPS) is 10.9. The van der Waals surface area contributed by atoms with Crippen LogP contribution in [0.15, 0.2) is 91.3 Å². The molecule has 0 saturated heterocycles. The Morgan fingerprint density at radius 1 is 0.912 bits per heavy atom. The van der Waals surface area contributed by atoms with Crippen LogP contribution in [0.4, 0.5) is 10.1 Å². The van der Waals surface area contributed by atoms with Gasteiger partial charge in [0.25, 0.3) is 5.91 Å². The van der Waals surface area contributed by atoms with Crippen LogP contribution in [-0.4, -0.2) is 26.3 Å². The molecule has 0 spiro atoms. The van der Waals surface area contributed by atoms with Crippen LogP contribution in [0, 0.1) is 11.2 Å². The molecule has 0 bridgehead atoms. The molecular weight excluding hydrogens is 431 g/mol. The summed E-state index contributed by atoms with van der Waals surface area (Å²) in [7, 11) is 0. The maximum absolute atomic E-state index is 13.6. The standard InChI is InChI=1S/C26H19FN6O/c27-19-8-4-17(5-9-19)24-23(16-12-14-30-15-13-16)21-2-1-3-22(33(21)32-24)26(34)31-20-10-6-18(7-11-20)25(28)29/h1-15H,(H3,28,29)(H,31,34). The van der Waals surface area contributed by atoms with E-state index in [-0.39, 0.29) is 17.6 Å². The van der Waals surface area contributed by atoms with Crippen molar-refractivity contribution < 1.29 is 9.18 Å². The molecule has 7 nitrogen and oxygen atoms in total. The molecule has 0 unspecified atom stereocenters. The summed E-state index contributed by atoms with van der Waals surface area (Å²) in [6.45, 7) is 0. The molecule has 2 aromatic carbocycles. The second-order valence-corrected chi connectivity index (χ2v) is 7.62. The highest BCUT2D eigenvalue weighted by Gasteiger charge is 2.20. The number of hydrogen-bond acceptors (Lipinski definition) is 4. The van der Waals surface area contributed by atoms with Gasteiger partial charge < -0.3 is 11.1 Å². The van der Waals surface area contributed by atoms with Crippen molar-refractivity contribution in [2.24, 2.45) is 5.73 Å². The van der Waals surface area contributed by atoms with Crippen LogP contribution in [0.5, 0.6) is 0 Å². The molecule has 0 fully saturated rings. The number of benzene rings is 2. The van der Waals surface area contributed by atoms with Gasteiger partial charge in [-0.1, -0.05) is 6.07 Å². The number of nitrogens with one attached hydrogen (secondary N) is 2. The Balaban J connectivity index is 1.62. The highest BCUT2D eigenvalue weighted by atomic mass is 19.1. The van der Waals surface area contributed by atoms with Gasteiger partial charge in [0, 0.05) is 34.8 Å². The first-order valence-corrected chi connectivity index (χ1v) is 10.4. The summed E-state index contributed by atoms with van der Waals surface area (Å²) in [5.74, 6) is -0.736. The van der Waals surface area contributed by atoms with E-state index in [1.807, 2.05) is 18.2 Å². The molecule has 0 saturated carbocycles. The van der Waals surface area contributed by atoms with E-state index in [9.17, 15) is 9.18 Å². The van der Waals surface area contributed by atoms with E-state index in [0.29, 0.717) is 22.6 Å². The van der Waals surface area contributed by atoms with Gasteiger partial charge in [0.1, 0.15) is 23.0 Å². The van der Waals surface area contributed by atoms with Crippen LogP contribution >= 0.6 is 0 Å². The number of halogens is 1. The third-order valence-electron chi connectivity index (χ3n) is 5.43. The number of amidine groups is 1. The number of carbonyl (C=O) groups is 1. The lowest BCUT2D eigenvalue weighted by Gasteiger charge is -2.08. The summed E-state index contributed by atoms with van der Waals surface area (Å²) >= 11 is 0. The van der Waals surface area contributed by atoms with Gasteiger partial charge in [-0.25, -0.2) is 8.91 Å². The van der Waals surface area contributed by atoms with E-state index in [4.69, 9.17) is 16.2 Å². The Morgan fingerprint density at radius 3 is 2.29 bits per heavy atom. The van der Waals surface area contributed by atoms with Gasteiger partial charge in [-0.2, -0.15) is 5.10 Å². The molecule has 0 aliphatic rings. The first-order valence-electron chi connectivity index (χ1n) is 10.4. The highest BCUT2D eigenvalue weighted by molar-refractivity contribution is 6.05. The van der Waals surface area contributed by atoms with E-state index in [2.05, 4.69) is 10.3 Å². The van der Waals surface area contributed by atoms with Crippen molar-refractivity contribution in [2.45, 2.75) is 0 Å². The summed E-state index contributed by atoms with van der Waals surface area (Å²) in [5.41, 5.74) is 10.7. The number of carbonyl (C=O) groups excluding carboxylic acids is 1. The summed E-state index contributed by atoms with van der Waals surface area (Å²) in [4.78, 5) is 17.3. The van der Waals surface area contributed by atoms with Crippen LogP contribution in [0.25, 0.3) is 27.9 Å². The number of fused-ring (bicyclic) bond motifs is 1. The number of nitrogens with two attached hydrogens (primary N) is 1. The third kappa shape index (κ3) is 3.88. The molecule has 34 heavy (non-hydrogen) atoms. The van der Waals surface area contributed by atoms with Gasteiger partial charge in [-0.05, 0) is 78.4 Å². The fourth-order valence-electron chi connectivity index (χ4n) is 3.78. The van der Waals surface area contributed by atoms with Crippen molar-refractivity contribution in [2.75, 3.05) is 5.32 Å². The highest BCUT2D eigenvalue weighted by Crippen LogP contribution is 2.35. The Kier molecular flexibility index (Phi) is 5.31. The number of anilines is 1. The van der Waals surface area contributed by atoms with Crippen molar-refractivity contribution in [1.82, 2.24) is 14.6 Å². The van der Waals surface area contributed by atoms with E-state index >= 15 is 0 Å². The fraction of sp³-hybridized carbons (Fsp3) is 0. The van der Waals surface area contributed by atoms with Gasteiger partial charge in [0.05, 0.1) is 5.52 Å². The smallest absolute Gasteiger partial charge is 0.274 e. The molecule has 166 valence electrons. The zero-order chi connectivity index (χ0) is 23.7. The van der Waals surface area contributed by atoms with E-state index in [1.54, 1.807) is 65.4 Å². The number of rotatable bonds is 5. The quantitative estimate of drug-likeness (QED) is 0.265. The molecule has 4 N–H and O–H groups in total. The summed E-state index contributed by atoms with van der Waals surface area (Å²) in [6.07, 6.45) is 3.38. The van der Waals surface area contributed by atoms with Gasteiger partial charge >= 0.3 is 0 Å². The van der Waals surface area contributed by atoms with Crippen LogP contribution < -0.4 is 11.1 Å². The molecule has 0 radical (unpaired) electrons. The average Bonchev–Trinajstić information content (AvgIpc) is 3.25. The topological polar surface area (TPSA) is 109 Å². The number of nitrogens with zero attached hydrogens (tertiary/aromatic N) is 3. The molecular formula is C26H19FN6O. The third-order valence-corrected chi connectivity index (χ3v) is 5.43. The zero-order valence-corrected chi connectivity index (χ0v) is 17.9. The number of nitrogen functional groups attached to an aromatic ring is 1. The number of aromatic nitrogens is 3. The molecule has 0 atom stereocenters. The average molecular weight is 450 g/mol. The predicted molar refractivity (Wildman–Crippen MR) is 129 cm³/mol. The number of hydrogen-bond donors (Lipinski definition) is 3. The van der Waals surface area contributed by atoms with Gasteiger partial charge in [0.2, 0.25) is 0 Å². The van der Waals surface area contributed by atoms with Gasteiger partial charge in [0.15, 0.2) is 0 Å². The summed E-state index contributed by atoms with van der Waals surface area (Å²) < 4.78 is 15.2. The van der Waals surface area contributed by atoms with Crippen molar-refractivity contribution in [3.63, 3.8) is 0 Å². The van der Waals surface area contributed by atoms with Crippen molar-refractivity contribution >= 4 is 22.9 Å².